The molecule has 1 aliphatic rings. The number of carbonyl (C=O) groups excluding carboxylic acids is 1. The van der Waals surface area contributed by atoms with E-state index in [0.717, 1.165) is 6.42 Å². The van der Waals surface area contributed by atoms with Crippen LogP contribution in [0.5, 0.6) is 0 Å². The van der Waals surface area contributed by atoms with Crippen molar-refractivity contribution in [1.82, 2.24) is 5.32 Å². The Hall–Kier alpha value is -0.220. The summed E-state index contributed by atoms with van der Waals surface area (Å²) in [4.78, 5) is 12.1. The molecular weight excluding hydrogens is 232 g/mol. The van der Waals surface area contributed by atoms with Crippen molar-refractivity contribution in [3.8, 4) is 0 Å². The van der Waals surface area contributed by atoms with E-state index in [-0.39, 0.29) is 11.3 Å². The van der Waals surface area contributed by atoms with Crippen LogP contribution in [0.25, 0.3) is 0 Å². The lowest BCUT2D eigenvalue weighted by Gasteiger charge is -2.34. The molecule has 1 aliphatic carbocycles. The maximum Gasteiger partial charge on any atom is 0.237 e. The van der Waals surface area contributed by atoms with E-state index in [0.29, 0.717) is 11.3 Å². The maximum atomic E-state index is 12.1. The summed E-state index contributed by atoms with van der Waals surface area (Å²) < 4.78 is 0. The SMILES string of the molecule is CSC1CCCCC1NC(=O)[C@H](N)C(C)(C)C. The normalized spacial score (nSPS) is 27.6. The lowest BCUT2D eigenvalue weighted by atomic mass is 9.86. The van der Waals surface area contributed by atoms with E-state index >= 15 is 0 Å². The molecule has 2 unspecified atom stereocenters. The second-order valence-corrected chi connectivity index (χ2v) is 7.09. The summed E-state index contributed by atoms with van der Waals surface area (Å²) in [6.07, 6.45) is 6.92. The van der Waals surface area contributed by atoms with Crippen LogP contribution in [-0.2, 0) is 4.79 Å². The zero-order chi connectivity index (χ0) is 13.1. The smallest absolute Gasteiger partial charge is 0.237 e. The first-order valence-corrected chi connectivity index (χ1v) is 7.74. The van der Waals surface area contributed by atoms with Crippen LogP contribution in [0.4, 0.5) is 0 Å². The summed E-state index contributed by atoms with van der Waals surface area (Å²) in [6.45, 7) is 6.01. The Balaban J connectivity index is 2.55. The van der Waals surface area contributed by atoms with Gasteiger partial charge in [-0.3, -0.25) is 4.79 Å². The molecule has 3 N–H and O–H groups in total. The number of rotatable bonds is 3. The van der Waals surface area contributed by atoms with E-state index in [4.69, 9.17) is 5.73 Å². The molecule has 4 heteroatoms. The van der Waals surface area contributed by atoms with E-state index in [9.17, 15) is 4.79 Å². The highest BCUT2D eigenvalue weighted by Gasteiger charge is 2.31. The predicted molar refractivity (Wildman–Crippen MR) is 75.1 cm³/mol. The van der Waals surface area contributed by atoms with Gasteiger partial charge in [0.1, 0.15) is 0 Å². The van der Waals surface area contributed by atoms with Crippen LogP contribution in [0.1, 0.15) is 46.5 Å². The Morgan fingerprint density at radius 2 is 1.94 bits per heavy atom. The fourth-order valence-electron chi connectivity index (χ4n) is 2.21. The van der Waals surface area contributed by atoms with Gasteiger partial charge >= 0.3 is 0 Å². The number of amides is 1. The molecule has 1 fully saturated rings. The molecule has 0 radical (unpaired) electrons. The van der Waals surface area contributed by atoms with Crippen molar-refractivity contribution >= 4 is 17.7 Å². The standard InChI is InChI=1S/C13H26N2OS/c1-13(2,3)11(14)12(16)15-9-7-5-6-8-10(9)17-4/h9-11H,5-8,14H2,1-4H3,(H,15,16)/t9?,10?,11-/m0/s1. The third kappa shape index (κ3) is 4.18. The number of nitrogens with one attached hydrogen (secondary N) is 1. The minimum atomic E-state index is -0.424. The zero-order valence-electron chi connectivity index (χ0n) is 11.5. The lowest BCUT2D eigenvalue weighted by molar-refractivity contribution is -0.125. The zero-order valence-corrected chi connectivity index (χ0v) is 12.3. The topological polar surface area (TPSA) is 55.1 Å². The van der Waals surface area contributed by atoms with Gasteiger partial charge in [-0.05, 0) is 24.5 Å². The molecule has 3 nitrogen and oxygen atoms in total. The number of hydrogen-bond donors (Lipinski definition) is 2. The predicted octanol–water partition coefficient (Wildman–Crippen LogP) is 2.15. The van der Waals surface area contributed by atoms with E-state index < -0.39 is 6.04 Å². The fraction of sp³-hybridized carbons (Fsp3) is 0.923. The molecule has 1 rings (SSSR count). The van der Waals surface area contributed by atoms with Gasteiger partial charge in [-0.25, -0.2) is 0 Å². The van der Waals surface area contributed by atoms with Gasteiger partial charge in [0.05, 0.1) is 6.04 Å². The van der Waals surface area contributed by atoms with E-state index in [1.165, 1.54) is 19.3 Å². The highest BCUT2D eigenvalue weighted by Crippen LogP contribution is 2.27. The first-order valence-electron chi connectivity index (χ1n) is 6.45. The van der Waals surface area contributed by atoms with Gasteiger partial charge in [0.25, 0.3) is 0 Å². The second-order valence-electron chi connectivity index (χ2n) is 6.02. The molecule has 0 bridgehead atoms. The molecule has 0 heterocycles. The minimum absolute atomic E-state index is 0.00319. The van der Waals surface area contributed by atoms with Crippen molar-refractivity contribution in [3.05, 3.63) is 0 Å². The molecule has 100 valence electrons. The molecule has 0 aromatic rings. The average Bonchev–Trinajstić information content (AvgIpc) is 2.27. The third-order valence-corrected chi connectivity index (χ3v) is 4.72. The fourth-order valence-corrected chi connectivity index (χ4v) is 3.14. The van der Waals surface area contributed by atoms with Gasteiger partial charge in [0.15, 0.2) is 0 Å². The van der Waals surface area contributed by atoms with Crippen molar-refractivity contribution in [2.45, 2.75) is 63.8 Å². The molecule has 3 atom stereocenters. The summed E-state index contributed by atoms with van der Waals surface area (Å²) in [7, 11) is 0. The Labute approximate surface area is 109 Å². The first-order chi connectivity index (χ1) is 7.86. The minimum Gasteiger partial charge on any atom is -0.351 e. The molecular formula is C13H26N2OS. The molecule has 1 amide bonds. The number of thioether (sulfide) groups is 1. The Bertz CT molecular complexity index is 263. The summed E-state index contributed by atoms with van der Waals surface area (Å²) in [5.41, 5.74) is 5.81. The van der Waals surface area contributed by atoms with Gasteiger partial charge in [0, 0.05) is 11.3 Å². The van der Waals surface area contributed by atoms with E-state index in [1.54, 1.807) is 0 Å². The molecule has 0 spiro atoms. The van der Waals surface area contributed by atoms with Gasteiger partial charge in [-0.15, -0.1) is 0 Å². The average molecular weight is 258 g/mol. The summed E-state index contributed by atoms with van der Waals surface area (Å²) in [6, 6.07) is -0.119. The molecule has 0 aromatic heterocycles. The van der Waals surface area contributed by atoms with Crippen LogP contribution in [0.3, 0.4) is 0 Å². The number of hydrogen-bond acceptors (Lipinski definition) is 3. The van der Waals surface area contributed by atoms with E-state index in [2.05, 4.69) is 11.6 Å². The second kappa shape index (κ2) is 6.10. The lowest BCUT2D eigenvalue weighted by Crippen LogP contribution is -2.54. The van der Waals surface area contributed by atoms with Gasteiger partial charge in [-0.1, -0.05) is 33.6 Å². The van der Waals surface area contributed by atoms with Gasteiger partial charge in [0.2, 0.25) is 5.91 Å². The van der Waals surface area contributed by atoms with Gasteiger partial charge < -0.3 is 11.1 Å². The molecule has 0 aliphatic heterocycles. The van der Waals surface area contributed by atoms with Crippen LogP contribution in [0.15, 0.2) is 0 Å². The van der Waals surface area contributed by atoms with Crippen LogP contribution in [0, 0.1) is 5.41 Å². The van der Waals surface area contributed by atoms with Crippen LogP contribution >= 0.6 is 11.8 Å². The monoisotopic (exact) mass is 258 g/mol. The maximum absolute atomic E-state index is 12.1. The Morgan fingerprint density at radius 1 is 1.35 bits per heavy atom. The third-order valence-electron chi connectivity index (χ3n) is 3.55. The Kier molecular flexibility index (Phi) is 5.32. The van der Waals surface area contributed by atoms with Gasteiger partial charge in [-0.2, -0.15) is 11.8 Å². The molecule has 0 saturated heterocycles. The van der Waals surface area contributed by atoms with E-state index in [1.807, 2.05) is 32.5 Å². The number of carbonyl (C=O) groups is 1. The van der Waals surface area contributed by atoms with Crippen molar-refractivity contribution in [2.24, 2.45) is 11.1 Å². The van der Waals surface area contributed by atoms with Crippen molar-refractivity contribution < 1.29 is 4.79 Å². The quantitative estimate of drug-likeness (QED) is 0.815. The van der Waals surface area contributed by atoms with Crippen LogP contribution in [-0.4, -0.2) is 29.5 Å². The summed E-state index contributed by atoms with van der Waals surface area (Å²) in [5, 5.41) is 3.70. The first kappa shape index (κ1) is 14.8. The largest absolute Gasteiger partial charge is 0.351 e. The highest BCUT2D eigenvalue weighted by molar-refractivity contribution is 7.99. The van der Waals surface area contributed by atoms with Crippen LogP contribution in [0.2, 0.25) is 0 Å². The van der Waals surface area contributed by atoms with Crippen LogP contribution < -0.4 is 11.1 Å². The molecule has 0 aromatic carbocycles. The van der Waals surface area contributed by atoms with Crippen molar-refractivity contribution in [1.29, 1.82) is 0 Å². The molecule has 1 saturated carbocycles. The summed E-state index contributed by atoms with van der Waals surface area (Å²) in [5.74, 6) is 0.00319. The van der Waals surface area contributed by atoms with Crippen molar-refractivity contribution in [2.75, 3.05) is 6.26 Å². The Morgan fingerprint density at radius 3 is 2.47 bits per heavy atom. The highest BCUT2D eigenvalue weighted by atomic mass is 32.2. The molecule has 17 heavy (non-hydrogen) atoms. The number of nitrogens with two attached hydrogens (primary N) is 1. The van der Waals surface area contributed by atoms with Crippen molar-refractivity contribution in [3.63, 3.8) is 0 Å². The summed E-state index contributed by atoms with van der Waals surface area (Å²) >= 11 is 1.86.